The van der Waals surface area contributed by atoms with E-state index in [0.717, 1.165) is 0 Å². The molecule has 2 rings (SSSR count). The lowest BCUT2D eigenvalue weighted by Crippen LogP contribution is -2.33. The van der Waals surface area contributed by atoms with Gasteiger partial charge in [-0.25, -0.2) is 0 Å². The van der Waals surface area contributed by atoms with E-state index in [-0.39, 0.29) is 26.2 Å². The van der Waals surface area contributed by atoms with E-state index in [1.54, 1.807) is 24.3 Å². The number of ether oxygens (including phenoxy) is 2. The van der Waals surface area contributed by atoms with E-state index in [0.29, 0.717) is 18.1 Å². The first kappa shape index (κ1) is 18.4. The Balaban J connectivity index is 1.90. The van der Waals surface area contributed by atoms with Crippen molar-refractivity contribution >= 4 is 5.97 Å². The molecule has 1 aromatic rings. The number of hydrogen-bond donors (Lipinski definition) is 1. The predicted octanol–water partition coefficient (Wildman–Crippen LogP) is 2.66. The number of aliphatic carboxylic acids is 1. The number of rotatable bonds is 7. The fourth-order valence-electron chi connectivity index (χ4n) is 2.78. The molecule has 0 radical (unpaired) electrons. The van der Waals surface area contributed by atoms with Gasteiger partial charge in [-0.15, -0.1) is 0 Å². The standard InChI is InChI=1S/C16H20F3NO4/c1-2-23-13-5-3-4-6-14(13)24-8-7-20-9-11(15(21)22)12(10-20)16(17,18)19/h3-6,11-12H,2,7-10H2,1H3,(H,21,22)/t11-,12-/m1/s1. The third-order valence-electron chi connectivity index (χ3n) is 3.95. The maximum atomic E-state index is 12.9. The summed E-state index contributed by atoms with van der Waals surface area (Å²) in [6.07, 6.45) is -4.51. The summed E-state index contributed by atoms with van der Waals surface area (Å²) >= 11 is 0. The number of para-hydroxylation sites is 2. The third kappa shape index (κ3) is 4.53. The zero-order valence-corrected chi connectivity index (χ0v) is 13.3. The summed E-state index contributed by atoms with van der Waals surface area (Å²) in [7, 11) is 0. The van der Waals surface area contributed by atoms with Gasteiger partial charge in [0.2, 0.25) is 0 Å². The van der Waals surface area contributed by atoms with Crippen LogP contribution in [0.4, 0.5) is 13.2 Å². The van der Waals surface area contributed by atoms with Gasteiger partial charge in [0.15, 0.2) is 11.5 Å². The van der Waals surface area contributed by atoms with Crippen molar-refractivity contribution in [2.45, 2.75) is 13.1 Å². The SMILES string of the molecule is CCOc1ccccc1OCCN1C[C@@H](C(F)(F)F)[C@H](C(=O)O)C1. The number of halogens is 3. The van der Waals surface area contributed by atoms with Crippen LogP contribution in [0.1, 0.15) is 6.92 Å². The molecular weight excluding hydrogens is 327 g/mol. The minimum absolute atomic E-state index is 0.129. The Labute approximate surface area is 138 Å². The quantitative estimate of drug-likeness (QED) is 0.822. The minimum atomic E-state index is -4.51. The van der Waals surface area contributed by atoms with Crippen molar-refractivity contribution in [3.05, 3.63) is 24.3 Å². The third-order valence-corrected chi connectivity index (χ3v) is 3.95. The Kier molecular flexibility index (Phi) is 5.93. The first-order valence-electron chi connectivity index (χ1n) is 7.69. The highest BCUT2D eigenvalue weighted by atomic mass is 19.4. The number of hydrogen-bond acceptors (Lipinski definition) is 4. The lowest BCUT2D eigenvalue weighted by Gasteiger charge is -2.18. The van der Waals surface area contributed by atoms with E-state index >= 15 is 0 Å². The summed E-state index contributed by atoms with van der Waals surface area (Å²) in [5.41, 5.74) is 0. The van der Waals surface area contributed by atoms with Crippen molar-refractivity contribution in [1.29, 1.82) is 0 Å². The molecule has 1 saturated heterocycles. The number of benzene rings is 1. The summed E-state index contributed by atoms with van der Waals surface area (Å²) in [4.78, 5) is 12.5. The summed E-state index contributed by atoms with van der Waals surface area (Å²) in [5, 5.41) is 8.99. The monoisotopic (exact) mass is 347 g/mol. The van der Waals surface area contributed by atoms with Gasteiger partial charge >= 0.3 is 12.1 Å². The molecule has 0 unspecified atom stereocenters. The molecule has 2 atom stereocenters. The van der Waals surface area contributed by atoms with Crippen LogP contribution < -0.4 is 9.47 Å². The minimum Gasteiger partial charge on any atom is -0.490 e. The molecule has 0 bridgehead atoms. The normalized spacial score (nSPS) is 21.7. The Hall–Kier alpha value is -1.96. The van der Waals surface area contributed by atoms with Crippen LogP contribution in [-0.4, -0.2) is 55.0 Å². The van der Waals surface area contributed by atoms with Gasteiger partial charge in [0.25, 0.3) is 0 Å². The highest BCUT2D eigenvalue weighted by molar-refractivity contribution is 5.71. The Morgan fingerprint density at radius 3 is 2.38 bits per heavy atom. The molecule has 1 aliphatic heterocycles. The molecule has 0 aliphatic carbocycles. The van der Waals surface area contributed by atoms with E-state index in [9.17, 15) is 18.0 Å². The lowest BCUT2D eigenvalue weighted by atomic mass is 9.96. The zero-order chi connectivity index (χ0) is 17.7. The van der Waals surface area contributed by atoms with Crippen LogP contribution in [0.15, 0.2) is 24.3 Å². The molecule has 0 saturated carbocycles. The average Bonchev–Trinajstić information content (AvgIpc) is 2.94. The highest BCUT2D eigenvalue weighted by Crippen LogP contribution is 2.37. The number of alkyl halides is 3. The summed E-state index contributed by atoms with van der Waals surface area (Å²) in [6, 6.07) is 7.03. The van der Waals surface area contributed by atoms with E-state index in [2.05, 4.69) is 0 Å². The van der Waals surface area contributed by atoms with E-state index in [1.807, 2.05) is 6.92 Å². The van der Waals surface area contributed by atoms with Gasteiger partial charge in [-0.3, -0.25) is 9.69 Å². The van der Waals surface area contributed by atoms with Gasteiger partial charge in [0.05, 0.1) is 18.4 Å². The second kappa shape index (κ2) is 7.74. The molecule has 1 aromatic carbocycles. The molecule has 0 spiro atoms. The molecule has 1 heterocycles. The smallest absolute Gasteiger partial charge is 0.393 e. The van der Waals surface area contributed by atoms with Gasteiger partial charge in [-0.2, -0.15) is 13.2 Å². The molecule has 8 heteroatoms. The van der Waals surface area contributed by atoms with Crippen molar-refractivity contribution in [3.8, 4) is 11.5 Å². The fraction of sp³-hybridized carbons (Fsp3) is 0.562. The molecule has 134 valence electrons. The molecule has 5 nitrogen and oxygen atoms in total. The van der Waals surface area contributed by atoms with Crippen molar-refractivity contribution < 1.29 is 32.5 Å². The van der Waals surface area contributed by atoms with E-state index < -0.39 is 24.0 Å². The van der Waals surface area contributed by atoms with Crippen molar-refractivity contribution in [1.82, 2.24) is 4.90 Å². The van der Waals surface area contributed by atoms with Crippen LogP contribution in [-0.2, 0) is 4.79 Å². The maximum absolute atomic E-state index is 12.9. The maximum Gasteiger partial charge on any atom is 0.393 e. The van der Waals surface area contributed by atoms with Crippen LogP contribution >= 0.6 is 0 Å². The Bertz CT molecular complexity index is 564. The average molecular weight is 347 g/mol. The number of likely N-dealkylation sites (tertiary alicyclic amines) is 1. The zero-order valence-electron chi connectivity index (χ0n) is 13.3. The van der Waals surface area contributed by atoms with E-state index in [1.165, 1.54) is 4.90 Å². The summed E-state index contributed by atoms with van der Waals surface area (Å²) in [6.45, 7) is 2.23. The van der Waals surface area contributed by atoms with Crippen LogP contribution in [0.3, 0.4) is 0 Å². The first-order valence-corrected chi connectivity index (χ1v) is 7.69. The molecular formula is C16H20F3NO4. The molecule has 0 amide bonds. The van der Waals surface area contributed by atoms with Crippen molar-refractivity contribution in [2.24, 2.45) is 11.8 Å². The van der Waals surface area contributed by atoms with E-state index in [4.69, 9.17) is 14.6 Å². The van der Waals surface area contributed by atoms with Crippen LogP contribution in [0.5, 0.6) is 11.5 Å². The molecule has 0 aromatic heterocycles. The van der Waals surface area contributed by atoms with Gasteiger partial charge in [-0.1, -0.05) is 12.1 Å². The number of nitrogens with zero attached hydrogens (tertiary/aromatic N) is 1. The predicted molar refractivity (Wildman–Crippen MR) is 80.2 cm³/mol. The van der Waals surface area contributed by atoms with Gasteiger partial charge in [0, 0.05) is 19.6 Å². The largest absolute Gasteiger partial charge is 0.490 e. The summed E-state index contributed by atoms with van der Waals surface area (Å²) in [5.74, 6) is -3.60. The molecule has 1 N–H and O–H groups in total. The van der Waals surface area contributed by atoms with Crippen LogP contribution in [0, 0.1) is 11.8 Å². The Morgan fingerprint density at radius 1 is 1.25 bits per heavy atom. The molecule has 24 heavy (non-hydrogen) atoms. The highest BCUT2D eigenvalue weighted by Gasteiger charge is 2.52. The fourth-order valence-corrected chi connectivity index (χ4v) is 2.78. The Morgan fingerprint density at radius 2 is 1.88 bits per heavy atom. The number of carboxylic acids is 1. The second-order valence-electron chi connectivity index (χ2n) is 5.58. The topological polar surface area (TPSA) is 59.0 Å². The number of carboxylic acid groups (broad SMARTS) is 1. The van der Waals surface area contributed by atoms with Crippen LogP contribution in [0.25, 0.3) is 0 Å². The first-order chi connectivity index (χ1) is 11.3. The van der Waals surface area contributed by atoms with Gasteiger partial charge in [0.1, 0.15) is 6.61 Å². The molecule has 1 fully saturated rings. The summed E-state index contributed by atoms with van der Waals surface area (Å²) < 4.78 is 49.8. The van der Waals surface area contributed by atoms with Crippen LogP contribution in [0.2, 0.25) is 0 Å². The van der Waals surface area contributed by atoms with Crippen molar-refractivity contribution in [3.63, 3.8) is 0 Å². The molecule has 1 aliphatic rings. The lowest BCUT2D eigenvalue weighted by molar-refractivity contribution is -0.188. The number of carbonyl (C=O) groups is 1. The van der Waals surface area contributed by atoms with Crippen molar-refractivity contribution in [2.75, 3.05) is 32.8 Å². The second-order valence-corrected chi connectivity index (χ2v) is 5.58. The van der Waals surface area contributed by atoms with Gasteiger partial charge in [-0.05, 0) is 19.1 Å². The van der Waals surface area contributed by atoms with Gasteiger partial charge < -0.3 is 14.6 Å².